The van der Waals surface area contributed by atoms with Crippen molar-refractivity contribution < 1.29 is 14.1 Å². The molecule has 0 aromatic heterocycles. The minimum atomic E-state index is -0.0606. The molecule has 1 aliphatic carbocycles. The van der Waals surface area contributed by atoms with Crippen molar-refractivity contribution in [1.82, 2.24) is 4.90 Å². The summed E-state index contributed by atoms with van der Waals surface area (Å²) >= 11 is 0. The van der Waals surface area contributed by atoms with E-state index in [4.69, 9.17) is 0 Å². The van der Waals surface area contributed by atoms with Gasteiger partial charge in [0, 0.05) is 17.2 Å². The Hall–Kier alpha value is -1.94. The van der Waals surface area contributed by atoms with Crippen LogP contribution in [0.3, 0.4) is 0 Å². The molecule has 0 saturated carbocycles. The predicted octanol–water partition coefficient (Wildman–Crippen LogP) is 1.34. The fourth-order valence-corrected chi connectivity index (χ4v) is 2.78. The Bertz CT molecular complexity index is 607. The van der Waals surface area contributed by atoms with E-state index in [1.807, 2.05) is 6.07 Å². The van der Waals surface area contributed by atoms with Crippen LogP contribution in [0.25, 0.3) is 0 Å². The average molecular weight is 271 g/mol. The van der Waals surface area contributed by atoms with Gasteiger partial charge in [-0.25, -0.2) is 0 Å². The normalized spacial score (nSPS) is 21.5. The van der Waals surface area contributed by atoms with Gasteiger partial charge in [0.2, 0.25) is 5.78 Å². The van der Waals surface area contributed by atoms with Gasteiger partial charge in [-0.2, -0.15) is 0 Å². The van der Waals surface area contributed by atoms with Crippen molar-refractivity contribution in [3.8, 4) is 0 Å². The molecule has 104 valence electrons. The van der Waals surface area contributed by atoms with Crippen molar-refractivity contribution in [2.75, 3.05) is 40.3 Å². The first-order valence-corrected chi connectivity index (χ1v) is 6.95. The fraction of sp³-hybridized carbons (Fsp3) is 0.375. The number of quaternary nitrogens is 1. The molecule has 0 atom stereocenters. The number of hydrogen-bond acceptors (Lipinski definition) is 3. The number of nitrogens with zero attached hydrogens (tertiary/aromatic N) is 2. The van der Waals surface area contributed by atoms with Crippen molar-refractivity contribution in [2.24, 2.45) is 0 Å². The molecular weight excluding hydrogens is 252 g/mol. The van der Waals surface area contributed by atoms with Gasteiger partial charge in [-0.1, -0.05) is 24.3 Å². The van der Waals surface area contributed by atoms with Crippen molar-refractivity contribution >= 4 is 11.6 Å². The van der Waals surface area contributed by atoms with Crippen molar-refractivity contribution in [3.05, 3.63) is 47.2 Å². The van der Waals surface area contributed by atoms with Crippen molar-refractivity contribution in [2.45, 2.75) is 0 Å². The Morgan fingerprint density at radius 3 is 2.25 bits per heavy atom. The van der Waals surface area contributed by atoms with Crippen LogP contribution in [0.5, 0.6) is 0 Å². The van der Waals surface area contributed by atoms with E-state index in [1.54, 1.807) is 18.2 Å². The number of ketones is 2. The minimum Gasteiger partial charge on any atom is -0.357 e. The number of Topliss-reactive ketones (excluding diaryl/α,β-unsaturated/α-hetero) is 1. The molecule has 1 aromatic rings. The molecule has 2 aliphatic rings. The molecule has 1 fully saturated rings. The summed E-state index contributed by atoms with van der Waals surface area (Å²) in [5, 5.41) is 0. The molecule has 1 heterocycles. The maximum Gasteiger partial charge on any atom is 0.209 e. The zero-order valence-corrected chi connectivity index (χ0v) is 11.9. The van der Waals surface area contributed by atoms with Gasteiger partial charge < -0.3 is 9.38 Å². The van der Waals surface area contributed by atoms with Gasteiger partial charge in [0.05, 0.1) is 46.0 Å². The van der Waals surface area contributed by atoms with E-state index in [1.165, 1.54) is 6.08 Å². The van der Waals surface area contributed by atoms with Gasteiger partial charge in [-0.3, -0.25) is 9.59 Å². The van der Waals surface area contributed by atoms with Crippen LogP contribution in [-0.4, -0.2) is 61.2 Å². The van der Waals surface area contributed by atoms with Crippen LogP contribution >= 0.6 is 0 Å². The summed E-state index contributed by atoms with van der Waals surface area (Å²) in [6, 6.07) is 7.07. The Morgan fingerprint density at radius 2 is 1.60 bits per heavy atom. The molecule has 0 N–H and O–H groups in total. The number of carbonyl (C=O) groups is 2. The fourth-order valence-electron chi connectivity index (χ4n) is 2.78. The van der Waals surface area contributed by atoms with Crippen LogP contribution in [-0.2, 0) is 0 Å². The third-order valence-corrected chi connectivity index (χ3v) is 4.23. The number of likely N-dealkylation sites (N-methyl/N-ethyl adjacent to an activating group) is 1. The summed E-state index contributed by atoms with van der Waals surface area (Å²) in [6.07, 6.45) is 1.51. The third kappa shape index (κ3) is 2.16. The van der Waals surface area contributed by atoms with Gasteiger partial charge in [0.15, 0.2) is 5.78 Å². The van der Waals surface area contributed by atoms with E-state index in [9.17, 15) is 9.59 Å². The summed E-state index contributed by atoms with van der Waals surface area (Å²) in [4.78, 5) is 26.8. The minimum absolute atomic E-state index is 0.0209. The molecule has 1 saturated heterocycles. The monoisotopic (exact) mass is 271 g/mol. The number of fused-ring (bicyclic) bond motifs is 1. The highest BCUT2D eigenvalue weighted by Crippen LogP contribution is 2.24. The highest BCUT2D eigenvalue weighted by Gasteiger charge is 2.32. The zero-order chi connectivity index (χ0) is 14.3. The summed E-state index contributed by atoms with van der Waals surface area (Å²) in [7, 11) is 4.38. The maximum atomic E-state index is 12.6. The highest BCUT2D eigenvalue weighted by molar-refractivity contribution is 6.24. The quantitative estimate of drug-likeness (QED) is 0.723. The summed E-state index contributed by atoms with van der Waals surface area (Å²) in [5.41, 5.74) is 1.62. The van der Waals surface area contributed by atoms with Crippen LogP contribution in [0.15, 0.2) is 36.0 Å². The van der Waals surface area contributed by atoms with E-state index in [0.717, 1.165) is 30.7 Å². The summed E-state index contributed by atoms with van der Waals surface area (Å²) in [5.74, 6) is -0.0815. The molecule has 0 amide bonds. The number of hydrogen-bond donors (Lipinski definition) is 0. The van der Waals surface area contributed by atoms with E-state index in [2.05, 4.69) is 19.0 Å². The molecular formula is C16H19N2O2+. The van der Waals surface area contributed by atoms with Crippen LogP contribution < -0.4 is 0 Å². The van der Waals surface area contributed by atoms with Crippen LogP contribution in [0.4, 0.5) is 0 Å². The number of allylic oxidation sites excluding steroid dienone is 2. The molecule has 4 heteroatoms. The smallest absolute Gasteiger partial charge is 0.209 e. The second-order valence-electron chi connectivity index (χ2n) is 6.14. The topological polar surface area (TPSA) is 37.4 Å². The number of rotatable bonds is 1. The molecule has 20 heavy (non-hydrogen) atoms. The standard InChI is InChI=1S/C16H19N2O2/c1-18(2)9-7-17(8-10-18)14-11-15(19)12-5-3-4-6-13(12)16(14)20/h3-6,11H,7-10H2,1-2H3/q+1. The molecule has 1 aliphatic heterocycles. The van der Waals surface area contributed by atoms with Crippen LogP contribution in [0.2, 0.25) is 0 Å². The first-order chi connectivity index (χ1) is 9.48. The first-order valence-electron chi connectivity index (χ1n) is 6.95. The van der Waals surface area contributed by atoms with E-state index < -0.39 is 0 Å². The first kappa shape index (κ1) is 13.1. The lowest BCUT2D eigenvalue weighted by Gasteiger charge is -2.40. The predicted molar refractivity (Wildman–Crippen MR) is 76.6 cm³/mol. The molecule has 4 nitrogen and oxygen atoms in total. The van der Waals surface area contributed by atoms with Gasteiger partial charge in [0.25, 0.3) is 0 Å². The SMILES string of the molecule is C[N+]1(C)CCN(C2=CC(=O)c3ccccc3C2=O)CC1. The van der Waals surface area contributed by atoms with Gasteiger partial charge >= 0.3 is 0 Å². The third-order valence-electron chi connectivity index (χ3n) is 4.23. The zero-order valence-electron chi connectivity index (χ0n) is 11.9. The molecule has 3 rings (SSSR count). The molecule has 0 unspecified atom stereocenters. The van der Waals surface area contributed by atoms with Crippen molar-refractivity contribution in [1.29, 1.82) is 0 Å². The molecule has 0 spiro atoms. The van der Waals surface area contributed by atoms with Gasteiger partial charge in [0.1, 0.15) is 0 Å². The van der Waals surface area contributed by atoms with Crippen LogP contribution in [0, 0.1) is 0 Å². The summed E-state index contributed by atoms with van der Waals surface area (Å²) < 4.78 is 0.961. The molecule has 0 bridgehead atoms. The average Bonchev–Trinajstić information content (AvgIpc) is 2.43. The Balaban J connectivity index is 1.89. The number of piperazine rings is 1. The molecule has 1 aromatic carbocycles. The highest BCUT2D eigenvalue weighted by atomic mass is 16.1. The second kappa shape index (κ2) is 4.56. The van der Waals surface area contributed by atoms with E-state index in [-0.39, 0.29) is 11.6 Å². The van der Waals surface area contributed by atoms with Gasteiger partial charge in [-0.15, -0.1) is 0 Å². The van der Waals surface area contributed by atoms with E-state index >= 15 is 0 Å². The molecule has 0 radical (unpaired) electrons. The van der Waals surface area contributed by atoms with E-state index in [0.29, 0.717) is 16.8 Å². The lowest BCUT2D eigenvalue weighted by atomic mass is 9.92. The Kier molecular flexibility index (Phi) is 2.98. The Morgan fingerprint density at radius 1 is 1.00 bits per heavy atom. The summed E-state index contributed by atoms with van der Waals surface area (Å²) in [6.45, 7) is 3.61. The Labute approximate surface area is 118 Å². The maximum absolute atomic E-state index is 12.6. The van der Waals surface area contributed by atoms with Gasteiger partial charge in [-0.05, 0) is 0 Å². The largest absolute Gasteiger partial charge is 0.357 e. The number of carbonyl (C=O) groups excluding carboxylic acids is 2. The number of benzene rings is 1. The lowest BCUT2D eigenvalue weighted by Crippen LogP contribution is -2.55. The van der Waals surface area contributed by atoms with Crippen molar-refractivity contribution in [3.63, 3.8) is 0 Å². The second-order valence-corrected chi connectivity index (χ2v) is 6.14. The van der Waals surface area contributed by atoms with Crippen LogP contribution in [0.1, 0.15) is 20.7 Å². The lowest BCUT2D eigenvalue weighted by molar-refractivity contribution is -0.894.